The fourth-order valence-corrected chi connectivity index (χ4v) is 4.40. The molecular formula is C21H19BrN2O2S2. The van der Waals surface area contributed by atoms with Crippen LogP contribution in [0.2, 0.25) is 0 Å². The second-order valence-electron chi connectivity index (χ2n) is 6.41. The number of carbonyl (C=O) groups is 2. The Kier molecular flexibility index (Phi) is 7.04. The van der Waals surface area contributed by atoms with E-state index in [2.05, 4.69) is 21.2 Å². The van der Waals surface area contributed by atoms with Crippen LogP contribution in [0.25, 0.3) is 6.08 Å². The number of aryl methyl sites for hydroxylation is 1. The van der Waals surface area contributed by atoms with Crippen LogP contribution in [-0.2, 0) is 9.59 Å². The van der Waals surface area contributed by atoms with Gasteiger partial charge in [-0.05, 0) is 43.2 Å². The minimum absolute atomic E-state index is 0.0845. The van der Waals surface area contributed by atoms with E-state index in [1.54, 1.807) is 4.90 Å². The Morgan fingerprint density at radius 2 is 2.00 bits per heavy atom. The van der Waals surface area contributed by atoms with Gasteiger partial charge in [-0.3, -0.25) is 14.5 Å². The van der Waals surface area contributed by atoms with Gasteiger partial charge in [0.05, 0.1) is 4.91 Å². The Morgan fingerprint density at radius 1 is 1.25 bits per heavy atom. The summed E-state index contributed by atoms with van der Waals surface area (Å²) < 4.78 is 1.44. The molecule has 0 saturated carbocycles. The van der Waals surface area contributed by atoms with E-state index in [0.29, 0.717) is 28.6 Å². The minimum Gasteiger partial charge on any atom is -0.326 e. The molecule has 2 aromatic rings. The topological polar surface area (TPSA) is 49.4 Å². The molecule has 28 heavy (non-hydrogen) atoms. The van der Waals surface area contributed by atoms with Crippen LogP contribution in [0.15, 0.2) is 57.9 Å². The number of benzene rings is 2. The fourth-order valence-electron chi connectivity index (χ4n) is 2.69. The summed E-state index contributed by atoms with van der Waals surface area (Å²) in [5.74, 6) is -0.179. The lowest BCUT2D eigenvalue weighted by atomic mass is 10.1. The normalized spacial score (nSPS) is 15.4. The van der Waals surface area contributed by atoms with Gasteiger partial charge in [0.2, 0.25) is 5.91 Å². The third-order valence-corrected chi connectivity index (χ3v) is 6.01. The highest BCUT2D eigenvalue weighted by molar-refractivity contribution is 9.10. The second kappa shape index (κ2) is 9.49. The largest absolute Gasteiger partial charge is 0.326 e. The van der Waals surface area contributed by atoms with Gasteiger partial charge in [-0.25, -0.2) is 0 Å². The maximum Gasteiger partial charge on any atom is 0.266 e. The van der Waals surface area contributed by atoms with Gasteiger partial charge in [0.15, 0.2) is 0 Å². The molecule has 3 rings (SSSR count). The monoisotopic (exact) mass is 474 g/mol. The third kappa shape index (κ3) is 5.53. The van der Waals surface area contributed by atoms with Crippen LogP contribution < -0.4 is 5.32 Å². The first-order valence-electron chi connectivity index (χ1n) is 8.80. The summed E-state index contributed by atoms with van der Waals surface area (Å²) in [4.78, 5) is 26.9. The first-order chi connectivity index (χ1) is 13.4. The Balaban J connectivity index is 1.53. The molecule has 1 heterocycles. The van der Waals surface area contributed by atoms with Crippen molar-refractivity contribution in [3.63, 3.8) is 0 Å². The Hall–Kier alpha value is -1.96. The number of hydrogen-bond donors (Lipinski definition) is 1. The number of nitrogens with zero attached hydrogens (tertiary/aromatic N) is 1. The number of halogens is 1. The molecule has 2 aromatic carbocycles. The molecule has 0 unspecified atom stereocenters. The fraction of sp³-hybridized carbons (Fsp3) is 0.190. The zero-order valence-corrected chi connectivity index (χ0v) is 18.5. The predicted octanol–water partition coefficient (Wildman–Crippen LogP) is 5.38. The van der Waals surface area contributed by atoms with E-state index in [4.69, 9.17) is 12.2 Å². The average Bonchev–Trinajstić information content (AvgIpc) is 2.91. The molecule has 1 N–H and O–H groups in total. The van der Waals surface area contributed by atoms with Gasteiger partial charge in [-0.2, -0.15) is 0 Å². The van der Waals surface area contributed by atoms with E-state index in [1.165, 1.54) is 17.3 Å². The number of hydrogen-bond acceptors (Lipinski definition) is 4. The number of anilines is 1. The summed E-state index contributed by atoms with van der Waals surface area (Å²) in [5, 5.41) is 2.85. The summed E-state index contributed by atoms with van der Waals surface area (Å²) in [6.45, 7) is 2.46. The molecule has 0 spiro atoms. The van der Waals surface area contributed by atoms with Crippen LogP contribution in [0, 0.1) is 6.92 Å². The predicted molar refractivity (Wildman–Crippen MR) is 123 cm³/mol. The highest BCUT2D eigenvalue weighted by Crippen LogP contribution is 2.32. The maximum atomic E-state index is 12.6. The molecule has 0 atom stereocenters. The molecule has 2 amide bonds. The summed E-state index contributed by atoms with van der Waals surface area (Å²) >= 11 is 10.0. The summed E-state index contributed by atoms with van der Waals surface area (Å²) in [5.41, 5.74) is 2.89. The van der Waals surface area contributed by atoms with Crippen LogP contribution in [0.3, 0.4) is 0 Å². The maximum absolute atomic E-state index is 12.6. The van der Waals surface area contributed by atoms with Crippen LogP contribution in [-0.4, -0.2) is 27.6 Å². The van der Waals surface area contributed by atoms with Crippen molar-refractivity contribution in [2.75, 3.05) is 11.9 Å². The zero-order valence-electron chi connectivity index (χ0n) is 15.3. The molecule has 1 fully saturated rings. The molecule has 1 aliphatic heterocycles. The second-order valence-corrected chi connectivity index (χ2v) is 9.00. The molecule has 0 aromatic heterocycles. The van der Waals surface area contributed by atoms with E-state index in [-0.39, 0.29) is 11.8 Å². The number of carbonyl (C=O) groups excluding carboxylic acids is 2. The summed E-state index contributed by atoms with van der Waals surface area (Å²) in [7, 11) is 0. The van der Waals surface area contributed by atoms with E-state index >= 15 is 0 Å². The highest BCUT2D eigenvalue weighted by atomic mass is 79.9. The van der Waals surface area contributed by atoms with Gasteiger partial charge < -0.3 is 5.32 Å². The van der Waals surface area contributed by atoms with Crippen molar-refractivity contribution in [3.05, 3.63) is 69.0 Å². The number of rotatable bonds is 6. The lowest BCUT2D eigenvalue weighted by Gasteiger charge is -2.14. The van der Waals surface area contributed by atoms with Gasteiger partial charge in [0.1, 0.15) is 4.32 Å². The molecule has 4 nitrogen and oxygen atoms in total. The quantitative estimate of drug-likeness (QED) is 0.451. The number of amides is 2. The van der Waals surface area contributed by atoms with E-state index in [1.807, 2.05) is 61.5 Å². The molecular weight excluding hydrogens is 456 g/mol. The summed E-state index contributed by atoms with van der Waals surface area (Å²) in [6.07, 6.45) is 2.73. The molecule has 1 saturated heterocycles. The van der Waals surface area contributed by atoms with E-state index in [9.17, 15) is 9.59 Å². The average molecular weight is 475 g/mol. The zero-order chi connectivity index (χ0) is 20.1. The van der Waals surface area contributed by atoms with Crippen molar-refractivity contribution in [3.8, 4) is 0 Å². The number of nitrogens with one attached hydrogen (secondary N) is 1. The standard InChI is InChI=1S/C21H19BrN2O2S2/c1-14-7-9-15(10-8-14)12-18-20(26)24(21(27)28-18)11-3-6-19(25)23-17-5-2-4-16(22)13-17/h2,4-5,7-10,12-13H,3,6,11H2,1H3,(H,23,25). The van der Waals surface area contributed by atoms with Crippen LogP contribution >= 0.6 is 39.9 Å². The van der Waals surface area contributed by atoms with Crippen molar-refractivity contribution in [1.82, 2.24) is 4.90 Å². The molecule has 1 aliphatic rings. The van der Waals surface area contributed by atoms with Gasteiger partial charge >= 0.3 is 0 Å². The van der Waals surface area contributed by atoms with Crippen LogP contribution in [0.1, 0.15) is 24.0 Å². The Bertz CT molecular complexity index is 942. The van der Waals surface area contributed by atoms with E-state index < -0.39 is 0 Å². The number of thioether (sulfide) groups is 1. The lowest BCUT2D eigenvalue weighted by molar-refractivity contribution is -0.122. The molecule has 0 aliphatic carbocycles. The van der Waals surface area contributed by atoms with Gasteiger partial charge in [-0.15, -0.1) is 0 Å². The van der Waals surface area contributed by atoms with Crippen molar-refractivity contribution < 1.29 is 9.59 Å². The molecule has 0 bridgehead atoms. The molecule has 144 valence electrons. The van der Waals surface area contributed by atoms with Crippen molar-refractivity contribution in [2.24, 2.45) is 0 Å². The minimum atomic E-state index is -0.0945. The summed E-state index contributed by atoms with van der Waals surface area (Å²) in [6, 6.07) is 15.4. The SMILES string of the molecule is Cc1ccc(C=C2SC(=S)N(CCCC(=O)Nc3cccc(Br)c3)C2=O)cc1. The number of thiocarbonyl (C=S) groups is 1. The smallest absolute Gasteiger partial charge is 0.266 e. The highest BCUT2D eigenvalue weighted by Gasteiger charge is 2.31. The van der Waals surface area contributed by atoms with Gasteiger partial charge in [-0.1, -0.05) is 75.8 Å². The van der Waals surface area contributed by atoms with Gasteiger partial charge in [0, 0.05) is 23.1 Å². The van der Waals surface area contributed by atoms with Crippen molar-refractivity contribution in [2.45, 2.75) is 19.8 Å². The molecule has 7 heteroatoms. The van der Waals surface area contributed by atoms with Crippen LogP contribution in [0.4, 0.5) is 5.69 Å². The van der Waals surface area contributed by atoms with Crippen LogP contribution in [0.5, 0.6) is 0 Å². The Labute approximate surface area is 182 Å². The van der Waals surface area contributed by atoms with Gasteiger partial charge in [0.25, 0.3) is 5.91 Å². The third-order valence-electron chi connectivity index (χ3n) is 4.14. The van der Waals surface area contributed by atoms with Crippen molar-refractivity contribution >= 4 is 67.8 Å². The molecule has 0 radical (unpaired) electrons. The van der Waals surface area contributed by atoms with E-state index in [0.717, 1.165) is 15.7 Å². The first-order valence-corrected chi connectivity index (χ1v) is 10.8. The van der Waals surface area contributed by atoms with Crippen molar-refractivity contribution in [1.29, 1.82) is 0 Å². The Morgan fingerprint density at radius 3 is 2.71 bits per heavy atom. The first kappa shape index (κ1) is 20.8. The lowest BCUT2D eigenvalue weighted by Crippen LogP contribution is -2.29.